The minimum Gasteiger partial charge on any atom is -0.478 e. The summed E-state index contributed by atoms with van der Waals surface area (Å²) >= 11 is 0. The summed E-state index contributed by atoms with van der Waals surface area (Å²) in [4.78, 5) is 26.6. The predicted molar refractivity (Wildman–Crippen MR) is 69.6 cm³/mol. The molecule has 0 bridgehead atoms. The zero-order chi connectivity index (χ0) is 15.4. The summed E-state index contributed by atoms with van der Waals surface area (Å²) in [6, 6.07) is 5.31. The van der Waals surface area contributed by atoms with Gasteiger partial charge in [-0.2, -0.15) is 0 Å². The van der Waals surface area contributed by atoms with Crippen molar-refractivity contribution in [2.45, 2.75) is 13.0 Å². The molecular weight excluding hydrogens is 284 g/mol. The lowest BCUT2D eigenvalue weighted by molar-refractivity contribution is 0.0696. The Balaban J connectivity index is 2.17. The monoisotopic (exact) mass is 295 g/mol. The first-order valence-corrected chi connectivity index (χ1v) is 5.91. The molecule has 0 saturated carbocycles. The Morgan fingerprint density at radius 1 is 1.38 bits per heavy atom. The predicted octanol–water partition coefficient (Wildman–Crippen LogP) is 2.10. The standard InChI is InChI=1S/C13H11F2N3O3/c14-10(15)7-18-5-1-2-9(18)12(19)17-11-6-8(13(20)21)3-4-16-11/h1-6,10H,7H2,(H,20,21)(H,16,17,19). The van der Waals surface area contributed by atoms with Crippen molar-refractivity contribution >= 4 is 17.7 Å². The number of rotatable bonds is 5. The van der Waals surface area contributed by atoms with Crippen LogP contribution in [0.2, 0.25) is 0 Å². The van der Waals surface area contributed by atoms with Gasteiger partial charge < -0.3 is 15.0 Å². The number of pyridine rings is 1. The SMILES string of the molecule is O=C(O)c1ccnc(NC(=O)c2cccn2CC(F)F)c1. The number of nitrogens with zero attached hydrogens (tertiary/aromatic N) is 2. The maximum absolute atomic E-state index is 12.4. The van der Waals surface area contributed by atoms with Crippen LogP contribution in [0, 0.1) is 0 Å². The lowest BCUT2D eigenvalue weighted by Crippen LogP contribution is -2.19. The minimum atomic E-state index is -2.59. The molecular formula is C13H11F2N3O3. The molecule has 6 nitrogen and oxygen atoms in total. The Labute approximate surface area is 118 Å². The van der Waals surface area contributed by atoms with Crippen LogP contribution in [0.25, 0.3) is 0 Å². The first-order chi connectivity index (χ1) is 9.97. The van der Waals surface area contributed by atoms with Crippen molar-refractivity contribution in [1.82, 2.24) is 9.55 Å². The van der Waals surface area contributed by atoms with Gasteiger partial charge in [-0.25, -0.2) is 18.6 Å². The normalized spacial score (nSPS) is 10.6. The molecule has 0 fully saturated rings. The zero-order valence-electron chi connectivity index (χ0n) is 10.7. The Morgan fingerprint density at radius 2 is 2.14 bits per heavy atom. The van der Waals surface area contributed by atoms with Gasteiger partial charge in [0.05, 0.1) is 12.1 Å². The number of aromatic carboxylic acids is 1. The van der Waals surface area contributed by atoms with E-state index < -0.39 is 24.8 Å². The highest BCUT2D eigenvalue weighted by molar-refractivity contribution is 6.03. The minimum absolute atomic E-state index is 0.0321. The van der Waals surface area contributed by atoms with Gasteiger partial charge in [-0.15, -0.1) is 0 Å². The Hall–Kier alpha value is -2.77. The van der Waals surface area contributed by atoms with Crippen LogP contribution >= 0.6 is 0 Å². The van der Waals surface area contributed by atoms with E-state index in [0.717, 1.165) is 4.57 Å². The van der Waals surface area contributed by atoms with Gasteiger partial charge in [0, 0.05) is 12.4 Å². The Kier molecular flexibility index (Phi) is 4.27. The van der Waals surface area contributed by atoms with Crippen LogP contribution in [0.3, 0.4) is 0 Å². The summed E-state index contributed by atoms with van der Waals surface area (Å²) in [6.07, 6.45) is 0.0109. The maximum Gasteiger partial charge on any atom is 0.335 e. The van der Waals surface area contributed by atoms with E-state index in [9.17, 15) is 18.4 Å². The molecule has 21 heavy (non-hydrogen) atoms. The summed E-state index contributed by atoms with van der Waals surface area (Å²) in [6.45, 7) is -0.599. The summed E-state index contributed by atoms with van der Waals surface area (Å²) in [5, 5.41) is 11.2. The van der Waals surface area contributed by atoms with Crippen LogP contribution in [0.1, 0.15) is 20.8 Å². The van der Waals surface area contributed by atoms with E-state index in [1.165, 1.54) is 36.7 Å². The molecule has 2 rings (SSSR count). The zero-order valence-corrected chi connectivity index (χ0v) is 10.7. The van der Waals surface area contributed by atoms with Gasteiger partial charge in [0.2, 0.25) is 0 Å². The average molecular weight is 295 g/mol. The third kappa shape index (κ3) is 3.62. The van der Waals surface area contributed by atoms with Gasteiger partial charge in [-0.3, -0.25) is 4.79 Å². The molecule has 0 unspecified atom stereocenters. The molecule has 0 aliphatic heterocycles. The topological polar surface area (TPSA) is 84.2 Å². The Bertz CT molecular complexity index is 670. The van der Waals surface area contributed by atoms with Gasteiger partial charge in [-0.1, -0.05) is 0 Å². The largest absolute Gasteiger partial charge is 0.478 e. The average Bonchev–Trinajstić information content (AvgIpc) is 2.86. The number of aromatic nitrogens is 2. The fraction of sp³-hybridized carbons (Fsp3) is 0.154. The fourth-order valence-electron chi connectivity index (χ4n) is 1.74. The van der Waals surface area contributed by atoms with Gasteiger partial charge in [-0.05, 0) is 24.3 Å². The van der Waals surface area contributed by atoms with Crippen molar-refractivity contribution in [3.63, 3.8) is 0 Å². The molecule has 110 valence electrons. The number of halogens is 2. The highest BCUT2D eigenvalue weighted by Crippen LogP contribution is 2.11. The summed E-state index contributed by atoms with van der Waals surface area (Å²) < 4.78 is 25.9. The number of hydrogen-bond acceptors (Lipinski definition) is 3. The van der Waals surface area contributed by atoms with Crippen LogP contribution in [0.15, 0.2) is 36.7 Å². The molecule has 2 heterocycles. The van der Waals surface area contributed by atoms with E-state index in [-0.39, 0.29) is 17.1 Å². The number of carbonyl (C=O) groups is 2. The van der Waals surface area contributed by atoms with Gasteiger partial charge >= 0.3 is 5.97 Å². The second-order valence-corrected chi connectivity index (χ2v) is 4.13. The van der Waals surface area contributed by atoms with E-state index in [1.54, 1.807) is 0 Å². The third-order valence-corrected chi connectivity index (χ3v) is 2.65. The van der Waals surface area contributed by atoms with Gasteiger partial charge in [0.25, 0.3) is 12.3 Å². The first-order valence-electron chi connectivity index (χ1n) is 5.91. The van der Waals surface area contributed by atoms with Crippen molar-refractivity contribution in [2.24, 2.45) is 0 Å². The molecule has 0 radical (unpaired) electrons. The highest BCUT2D eigenvalue weighted by Gasteiger charge is 2.15. The molecule has 2 aromatic rings. The molecule has 0 atom stereocenters. The molecule has 2 aromatic heterocycles. The molecule has 8 heteroatoms. The first kappa shape index (κ1) is 14.6. The molecule has 0 aliphatic carbocycles. The van der Waals surface area contributed by atoms with E-state index >= 15 is 0 Å². The summed E-state index contributed by atoms with van der Waals surface area (Å²) in [7, 11) is 0. The number of nitrogens with one attached hydrogen (secondary N) is 1. The van der Waals surface area contributed by atoms with E-state index in [4.69, 9.17) is 5.11 Å². The number of amides is 1. The second-order valence-electron chi connectivity index (χ2n) is 4.13. The smallest absolute Gasteiger partial charge is 0.335 e. The summed E-state index contributed by atoms with van der Waals surface area (Å²) in [5.74, 6) is -1.77. The van der Waals surface area contributed by atoms with E-state index in [0.29, 0.717) is 0 Å². The molecule has 0 aliphatic rings. The van der Waals surface area contributed by atoms with Crippen molar-refractivity contribution in [2.75, 3.05) is 5.32 Å². The summed E-state index contributed by atoms with van der Waals surface area (Å²) in [5.41, 5.74) is 0.00101. The van der Waals surface area contributed by atoms with Crippen LogP contribution < -0.4 is 5.32 Å². The lowest BCUT2D eigenvalue weighted by Gasteiger charge is -2.09. The maximum atomic E-state index is 12.4. The number of hydrogen-bond donors (Lipinski definition) is 2. The number of alkyl halides is 2. The number of carboxylic acids is 1. The lowest BCUT2D eigenvalue weighted by atomic mass is 10.2. The van der Waals surface area contributed by atoms with Crippen LogP contribution in [-0.4, -0.2) is 33.0 Å². The van der Waals surface area contributed by atoms with Gasteiger partial charge in [0.15, 0.2) is 0 Å². The fourth-order valence-corrected chi connectivity index (χ4v) is 1.74. The number of carboxylic acid groups (broad SMARTS) is 1. The second kappa shape index (κ2) is 6.12. The van der Waals surface area contributed by atoms with Crippen LogP contribution in [0.5, 0.6) is 0 Å². The third-order valence-electron chi connectivity index (χ3n) is 2.65. The number of carbonyl (C=O) groups excluding carboxylic acids is 1. The van der Waals surface area contributed by atoms with E-state index in [2.05, 4.69) is 10.3 Å². The quantitative estimate of drug-likeness (QED) is 0.884. The van der Waals surface area contributed by atoms with Crippen molar-refractivity contribution < 1.29 is 23.5 Å². The van der Waals surface area contributed by atoms with Crippen LogP contribution in [-0.2, 0) is 6.54 Å². The molecule has 1 amide bonds. The molecule has 0 aromatic carbocycles. The molecule has 0 saturated heterocycles. The van der Waals surface area contributed by atoms with Crippen molar-refractivity contribution in [1.29, 1.82) is 0 Å². The van der Waals surface area contributed by atoms with Crippen LogP contribution in [0.4, 0.5) is 14.6 Å². The molecule has 0 spiro atoms. The van der Waals surface area contributed by atoms with Crippen molar-refractivity contribution in [3.8, 4) is 0 Å². The van der Waals surface area contributed by atoms with Gasteiger partial charge in [0.1, 0.15) is 11.5 Å². The Morgan fingerprint density at radius 3 is 2.81 bits per heavy atom. The highest BCUT2D eigenvalue weighted by atomic mass is 19.3. The number of anilines is 1. The molecule has 2 N–H and O–H groups in total. The van der Waals surface area contributed by atoms with Crippen molar-refractivity contribution in [3.05, 3.63) is 47.9 Å². The van der Waals surface area contributed by atoms with E-state index in [1.807, 2.05) is 0 Å².